The van der Waals surface area contributed by atoms with Crippen molar-refractivity contribution in [3.8, 4) is 0 Å². The Balaban J connectivity index is 1.87. The van der Waals surface area contributed by atoms with E-state index in [-0.39, 0.29) is 29.8 Å². The summed E-state index contributed by atoms with van der Waals surface area (Å²) in [6.07, 6.45) is 3.18. The van der Waals surface area contributed by atoms with Gasteiger partial charge in [-0.3, -0.25) is 4.79 Å². The Morgan fingerprint density at radius 2 is 1.79 bits per heavy atom. The summed E-state index contributed by atoms with van der Waals surface area (Å²) in [5.41, 5.74) is 0.245. The third-order valence-corrected chi connectivity index (χ3v) is 4.23. The number of hydrogen-bond donors (Lipinski definition) is 0. The molecule has 0 saturated heterocycles. The van der Waals surface area contributed by atoms with Crippen molar-refractivity contribution in [2.45, 2.75) is 46.8 Å². The Morgan fingerprint density at radius 1 is 1.17 bits per heavy atom. The Hall–Kier alpha value is -2.10. The number of hydrogen-bond acceptors (Lipinski definition) is 4. The van der Waals surface area contributed by atoms with Gasteiger partial charge in [0.05, 0.1) is 5.92 Å². The number of ether oxygens (including phenoxy) is 2. The number of carbonyl (C=O) groups excluding carboxylic acids is 2. The minimum absolute atomic E-state index is 0.00312. The van der Waals surface area contributed by atoms with Gasteiger partial charge in [-0.1, -0.05) is 50.3 Å². The molecule has 1 aliphatic carbocycles. The van der Waals surface area contributed by atoms with Gasteiger partial charge in [-0.05, 0) is 37.7 Å². The highest BCUT2D eigenvalue weighted by Gasteiger charge is 2.61. The topological polar surface area (TPSA) is 52.6 Å². The monoisotopic (exact) mass is 330 g/mol. The molecule has 1 aromatic rings. The molecule has 0 aliphatic heterocycles. The summed E-state index contributed by atoms with van der Waals surface area (Å²) in [6, 6.07) is 9.52. The molecule has 2 atom stereocenters. The first-order valence-corrected chi connectivity index (χ1v) is 8.23. The predicted octanol–water partition coefficient (Wildman–Crippen LogP) is 3.90. The van der Waals surface area contributed by atoms with Gasteiger partial charge < -0.3 is 9.47 Å². The van der Waals surface area contributed by atoms with E-state index in [1.165, 1.54) is 6.08 Å². The predicted molar refractivity (Wildman–Crippen MR) is 92.0 cm³/mol. The fourth-order valence-corrected chi connectivity index (χ4v) is 2.81. The average Bonchev–Trinajstić information content (AvgIpc) is 3.03. The molecule has 1 aliphatic rings. The van der Waals surface area contributed by atoms with E-state index in [4.69, 9.17) is 9.47 Å². The Labute approximate surface area is 143 Å². The summed E-state index contributed by atoms with van der Waals surface area (Å²) in [6.45, 7) is 9.82. The van der Waals surface area contributed by atoms with Crippen LogP contribution >= 0.6 is 0 Å². The molecule has 1 saturated carbocycles. The molecule has 0 unspecified atom stereocenters. The van der Waals surface area contributed by atoms with Gasteiger partial charge in [-0.25, -0.2) is 4.79 Å². The van der Waals surface area contributed by atoms with Crippen LogP contribution < -0.4 is 0 Å². The molecule has 4 heteroatoms. The van der Waals surface area contributed by atoms with Crippen LogP contribution in [0.4, 0.5) is 0 Å². The Kier molecular flexibility index (Phi) is 5.16. The maximum Gasteiger partial charge on any atom is 0.330 e. The van der Waals surface area contributed by atoms with Crippen LogP contribution in [0.3, 0.4) is 0 Å². The van der Waals surface area contributed by atoms with Gasteiger partial charge in [0.15, 0.2) is 0 Å². The highest BCUT2D eigenvalue weighted by Crippen LogP contribution is 2.59. The summed E-state index contributed by atoms with van der Waals surface area (Å²) in [5, 5.41) is 0. The van der Waals surface area contributed by atoms with E-state index in [0.717, 1.165) is 5.56 Å². The second-order valence-electron chi connectivity index (χ2n) is 7.81. The van der Waals surface area contributed by atoms with Crippen molar-refractivity contribution in [2.24, 2.45) is 17.3 Å². The smallest absolute Gasteiger partial charge is 0.330 e. The molecule has 0 radical (unpaired) electrons. The third kappa shape index (κ3) is 4.70. The first-order chi connectivity index (χ1) is 11.1. The van der Waals surface area contributed by atoms with Crippen molar-refractivity contribution in [2.75, 3.05) is 0 Å². The van der Waals surface area contributed by atoms with Crippen LogP contribution in [0.25, 0.3) is 0 Å². The SMILES string of the molecule is CC(C)(C)OC(=O)[C@@H]1[C@H](C=CC(=O)OCc2ccccc2)C1(C)C. The summed E-state index contributed by atoms with van der Waals surface area (Å²) in [7, 11) is 0. The molecule has 0 bridgehead atoms. The lowest BCUT2D eigenvalue weighted by atomic mass is 10.1. The normalized spacial score (nSPS) is 22.2. The molecule has 130 valence electrons. The van der Waals surface area contributed by atoms with Crippen molar-refractivity contribution in [1.82, 2.24) is 0 Å². The van der Waals surface area contributed by atoms with E-state index in [0.29, 0.717) is 0 Å². The Morgan fingerprint density at radius 3 is 2.38 bits per heavy atom. The third-order valence-electron chi connectivity index (χ3n) is 4.23. The summed E-state index contributed by atoms with van der Waals surface area (Å²) in [4.78, 5) is 24.1. The van der Waals surface area contributed by atoms with E-state index in [2.05, 4.69) is 0 Å². The minimum atomic E-state index is -0.501. The van der Waals surface area contributed by atoms with E-state index in [1.54, 1.807) is 6.08 Å². The second kappa shape index (κ2) is 6.80. The Bertz CT molecular complexity index is 623. The summed E-state index contributed by atoms with van der Waals surface area (Å²) < 4.78 is 10.7. The van der Waals surface area contributed by atoms with Crippen LogP contribution in [0.15, 0.2) is 42.5 Å². The van der Waals surface area contributed by atoms with Crippen molar-refractivity contribution in [3.05, 3.63) is 48.0 Å². The number of allylic oxidation sites excluding steroid dienone is 1. The van der Waals surface area contributed by atoms with Gasteiger partial charge in [-0.15, -0.1) is 0 Å². The van der Waals surface area contributed by atoms with E-state index in [9.17, 15) is 9.59 Å². The van der Waals surface area contributed by atoms with Crippen LogP contribution in [0, 0.1) is 17.3 Å². The number of rotatable bonds is 5. The molecule has 4 nitrogen and oxygen atoms in total. The van der Waals surface area contributed by atoms with Crippen LogP contribution in [-0.2, 0) is 25.7 Å². The molecular weight excluding hydrogens is 304 g/mol. The zero-order chi connectivity index (χ0) is 18.0. The van der Waals surface area contributed by atoms with Gasteiger partial charge in [0.1, 0.15) is 12.2 Å². The number of carbonyl (C=O) groups is 2. The molecule has 0 aromatic heterocycles. The van der Waals surface area contributed by atoms with Crippen molar-refractivity contribution in [3.63, 3.8) is 0 Å². The standard InChI is InChI=1S/C20H26O4/c1-19(2,3)24-18(22)17-15(20(17,4)5)11-12-16(21)23-13-14-9-7-6-8-10-14/h6-12,15,17H,13H2,1-5H3/t15-,17-/m0/s1. The summed E-state index contributed by atoms with van der Waals surface area (Å²) >= 11 is 0. The molecule has 2 rings (SSSR count). The zero-order valence-corrected chi connectivity index (χ0v) is 15.0. The number of benzene rings is 1. The van der Waals surface area contributed by atoms with Gasteiger partial charge >= 0.3 is 11.9 Å². The first-order valence-electron chi connectivity index (χ1n) is 8.23. The summed E-state index contributed by atoms with van der Waals surface area (Å²) in [5.74, 6) is -0.823. The molecule has 24 heavy (non-hydrogen) atoms. The van der Waals surface area contributed by atoms with Crippen LogP contribution in [0.2, 0.25) is 0 Å². The van der Waals surface area contributed by atoms with Gasteiger partial charge in [0.25, 0.3) is 0 Å². The highest BCUT2D eigenvalue weighted by molar-refractivity contribution is 5.83. The lowest BCUT2D eigenvalue weighted by molar-refractivity contribution is -0.157. The number of esters is 2. The molecular formula is C20H26O4. The average molecular weight is 330 g/mol. The van der Waals surface area contributed by atoms with Crippen molar-refractivity contribution < 1.29 is 19.1 Å². The fraction of sp³-hybridized carbons (Fsp3) is 0.500. The molecule has 1 fully saturated rings. The second-order valence-corrected chi connectivity index (χ2v) is 7.81. The van der Waals surface area contributed by atoms with E-state index < -0.39 is 11.6 Å². The van der Waals surface area contributed by atoms with Crippen LogP contribution in [-0.4, -0.2) is 17.5 Å². The van der Waals surface area contributed by atoms with E-state index in [1.807, 2.05) is 65.0 Å². The zero-order valence-electron chi connectivity index (χ0n) is 15.0. The van der Waals surface area contributed by atoms with Crippen LogP contribution in [0.1, 0.15) is 40.2 Å². The lowest BCUT2D eigenvalue weighted by Gasteiger charge is -2.19. The quantitative estimate of drug-likeness (QED) is 0.607. The van der Waals surface area contributed by atoms with E-state index >= 15 is 0 Å². The minimum Gasteiger partial charge on any atom is -0.460 e. The fourth-order valence-electron chi connectivity index (χ4n) is 2.81. The van der Waals surface area contributed by atoms with Crippen molar-refractivity contribution >= 4 is 11.9 Å². The maximum atomic E-state index is 12.2. The molecule has 0 N–H and O–H groups in total. The van der Waals surface area contributed by atoms with Crippen LogP contribution in [0.5, 0.6) is 0 Å². The molecule has 0 spiro atoms. The molecule has 0 heterocycles. The highest BCUT2D eigenvalue weighted by atomic mass is 16.6. The maximum absolute atomic E-state index is 12.2. The largest absolute Gasteiger partial charge is 0.460 e. The van der Waals surface area contributed by atoms with Crippen molar-refractivity contribution in [1.29, 1.82) is 0 Å². The molecule has 1 aromatic carbocycles. The van der Waals surface area contributed by atoms with Gasteiger partial charge in [-0.2, -0.15) is 0 Å². The van der Waals surface area contributed by atoms with Gasteiger partial charge in [0.2, 0.25) is 0 Å². The molecule has 0 amide bonds. The first kappa shape index (κ1) is 18.2. The lowest BCUT2D eigenvalue weighted by Crippen LogP contribution is -2.26. The van der Waals surface area contributed by atoms with Gasteiger partial charge in [0, 0.05) is 6.08 Å².